The first-order chi connectivity index (χ1) is 16.5. The number of anilines is 3. The highest BCUT2D eigenvalue weighted by Crippen LogP contribution is 2.28. The number of benzene rings is 1. The third-order valence-electron chi connectivity index (χ3n) is 6.50. The first-order valence-corrected chi connectivity index (χ1v) is 12.8. The average molecular weight is 529 g/mol. The summed E-state index contributed by atoms with van der Waals surface area (Å²) < 4.78 is 6.66. The fourth-order valence-corrected chi connectivity index (χ4v) is 4.52. The second-order valence-corrected chi connectivity index (χ2v) is 9.80. The van der Waals surface area contributed by atoms with Crippen molar-refractivity contribution in [2.24, 2.45) is 5.92 Å². The van der Waals surface area contributed by atoms with Crippen LogP contribution in [0.5, 0.6) is 5.75 Å². The fourth-order valence-electron chi connectivity index (χ4n) is 4.12. The van der Waals surface area contributed by atoms with E-state index < -0.39 is 0 Å². The minimum absolute atomic E-state index is 0.239. The molecule has 1 aromatic carbocycles. The Balaban J connectivity index is 1.58. The topological polar surface area (TPSA) is 95.2 Å². The minimum atomic E-state index is -0.239. The van der Waals surface area contributed by atoms with Gasteiger partial charge in [-0.1, -0.05) is 26.7 Å². The number of rotatable bonds is 9. The molecule has 3 N–H and O–H groups in total. The van der Waals surface area contributed by atoms with Crippen molar-refractivity contribution in [3.63, 3.8) is 0 Å². The number of piperidine rings is 1. The Morgan fingerprint density at radius 3 is 2.56 bits per heavy atom. The number of aromatic nitrogens is 3. The summed E-state index contributed by atoms with van der Waals surface area (Å²) in [5, 5.41) is 7.20. The summed E-state index contributed by atoms with van der Waals surface area (Å²) in [6.45, 7) is 7.15. The number of pyridine rings is 1. The van der Waals surface area contributed by atoms with Crippen molar-refractivity contribution < 1.29 is 4.74 Å². The molecular weight excluding hydrogens is 496 g/mol. The summed E-state index contributed by atoms with van der Waals surface area (Å²) in [7, 11) is 2.14. The fraction of sp³-hybridized carbons (Fsp3) is 0.480. The van der Waals surface area contributed by atoms with Gasteiger partial charge in [-0.05, 0) is 79.1 Å². The molecule has 0 aliphatic carbocycles. The minimum Gasteiger partial charge on any atom is -0.493 e. The molecule has 0 amide bonds. The van der Waals surface area contributed by atoms with Crippen molar-refractivity contribution in [1.82, 2.24) is 19.9 Å². The molecule has 3 heterocycles. The predicted octanol–water partition coefficient (Wildman–Crippen LogP) is 5.15. The molecule has 0 radical (unpaired) electrons. The highest BCUT2D eigenvalue weighted by atomic mass is 79.9. The van der Waals surface area contributed by atoms with Gasteiger partial charge in [-0.15, -0.1) is 0 Å². The second-order valence-electron chi connectivity index (χ2n) is 8.95. The molecule has 0 bridgehead atoms. The largest absolute Gasteiger partial charge is 0.493 e. The zero-order valence-electron chi connectivity index (χ0n) is 20.0. The Labute approximate surface area is 208 Å². The lowest BCUT2D eigenvalue weighted by Gasteiger charge is -2.29. The number of hydrogen-bond acceptors (Lipinski definition) is 7. The van der Waals surface area contributed by atoms with Crippen LogP contribution in [0.1, 0.15) is 39.5 Å². The van der Waals surface area contributed by atoms with Gasteiger partial charge in [-0.2, -0.15) is 4.98 Å². The second kappa shape index (κ2) is 11.2. The monoisotopic (exact) mass is 528 g/mol. The Morgan fingerprint density at radius 2 is 1.88 bits per heavy atom. The molecule has 0 saturated carbocycles. The van der Waals surface area contributed by atoms with Crippen molar-refractivity contribution in [2.75, 3.05) is 37.4 Å². The maximum Gasteiger partial charge on any atom is 0.261 e. The SMILES string of the molecule is CCC(CC)COc1ccc(Nc2nc(NC3CCN(C)CC3)nc3c(Br)c[nH]c(=O)c23)cc1. The standard InChI is InChI=1S/C25H33BrN6O2/c1-4-16(5-2)15-34-19-8-6-17(7-9-19)28-23-21-22(20(26)14-27-24(21)33)30-25(31-23)29-18-10-12-32(3)13-11-18/h6-9,14,16,18H,4-5,10-13,15H2,1-3H3,(H,27,33)(H2,28,29,30,31). The number of likely N-dealkylation sites (tertiary alicyclic amines) is 1. The van der Waals surface area contributed by atoms with Gasteiger partial charge in [0, 0.05) is 17.9 Å². The molecule has 1 aliphatic rings. The van der Waals surface area contributed by atoms with E-state index in [-0.39, 0.29) is 5.56 Å². The molecule has 0 spiro atoms. The molecular formula is C25H33BrN6O2. The van der Waals surface area contributed by atoms with Crippen LogP contribution in [-0.4, -0.2) is 52.6 Å². The van der Waals surface area contributed by atoms with Crippen LogP contribution in [0.2, 0.25) is 0 Å². The number of aromatic amines is 1. The summed E-state index contributed by atoms with van der Waals surface area (Å²) in [5.74, 6) is 2.37. The molecule has 1 aliphatic heterocycles. The van der Waals surface area contributed by atoms with Gasteiger partial charge >= 0.3 is 0 Å². The lowest BCUT2D eigenvalue weighted by atomic mass is 10.1. The zero-order chi connectivity index (χ0) is 24.1. The Hall–Kier alpha value is -2.65. The van der Waals surface area contributed by atoms with Crippen LogP contribution >= 0.6 is 15.9 Å². The van der Waals surface area contributed by atoms with E-state index in [0.717, 1.165) is 50.2 Å². The van der Waals surface area contributed by atoms with Crippen LogP contribution in [0, 0.1) is 5.92 Å². The molecule has 1 saturated heterocycles. The van der Waals surface area contributed by atoms with E-state index in [1.807, 2.05) is 24.3 Å². The summed E-state index contributed by atoms with van der Waals surface area (Å²) in [5.41, 5.74) is 1.15. The highest BCUT2D eigenvalue weighted by Gasteiger charge is 2.20. The molecule has 4 rings (SSSR count). The average Bonchev–Trinajstić information content (AvgIpc) is 2.84. The van der Waals surface area contributed by atoms with Crippen LogP contribution in [0.4, 0.5) is 17.5 Å². The van der Waals surface area contributed by atoms with Gasteiger partial charge in [-0.3, -0.25) is 4.79 Å². The maximum atomic E-state index is 12.7. The van der Waals surface area contributed by atoms with Crippen molar-refractivity contribution in [3.05, 3.63) is 45.3 Å². The van der Waals surface area contributed by atoms with Gasteiger partial charge in [0.1, 0.15) is 17.0 Å². The van der Waals surface area contributed by atoms with Crippen LogP contribution in [0.15, 0.2) is 39.7 Å². The van der Waals surface area contributed by atoms with E-state index in [1.165, 1.54) is 0 Å². The normalized spacial score (nSPS) is 15.1. The molecule has 2 aromatic heterocycles. The van der Waals surface area contributed by atoms with Crippen LogP contribution < -0.4 is 20.9 Å². The van der Waals surface area contributed by atoms with E-state index in [2.05, 4.69) is 62.3 Å². The molecule has 8 nitrogen and oxygen atoms in total. The van der Waals surface area contributed by atoms with Crippen LogP contribution in [0.25, 0.3) is 10.9 Å². The number of nitrogens with zero attached hydrogens (tertiary/aromatic N) is 3. The molecule has 0 atom stereocenters. The quantitative estimate of drug-likeness (QED) is 0.353. The van der Waals surface area contributed by atoms with E-state index >= 15 is 0 Å². The van der Waals surface area contributed by atoms with Crippen molar-refractivity contribution >= 4 is 44.3 Å². The van der Waals surface area contributed by atoms with Crippen molar-refractivity contribution in [3.8, 4) is 5.75 Å². The van der Waals surface area contributed by atoms with E-state index in [9.17, 15) is 4.79 Å². The lowest BCUT2D eigenvalue weighted by molar-refractivity contribution is 0.240. The Kier molecular flexibility index (Phi) is 8.05. The number of H-pyrrole nitrogens is 1. The predicted molar refractivity (Wildman–Crippen MR) is 141 cm³/mol. The number of hydrogen-bond donors (Lipinski definition) is 3. The van der Waals surface area contributed by atoms with Crippen LogP contribution in [-0.2, 0) is 0 Å². The third kappa shape index (κ3) is 5.88. The third-order valence-corrected chi connectivity index (χ3v) is 7.11. The number of nitrogens with one attached hydrogen (secondary N) is 3. The summed E-state index contributed by atoms with van der Waals surface area (Å²) in [6.07, 6.45) is 5.88. The maximum absolute atomic E-state index is 12.7. The van der Waals surface area contributed by atoms with Gasteiger partial charge in [0.15, 0.2) is 0 Å². The Bertz CT molecular complexity index is 1150. The zero-order valence-corrected chi connectivity index (χ0v) is 21.6. The molecule has 0 unspecified atom stereocenters. The van der Waals surface area contributed by atoms with Gasteiger partial charge in [0.05, 0.1) is 16.6 Å². The first-order valence-electron chi connectivity index (χ1n) is 12.0. The number of fused-ring (bicyclic) bond motifs is 1. The molecule has 34 heavy (non-hydrogen) atoms. The summed E-state index contributed by atoms with van der Waals surface area (Å²) in [4.78, 5) is 27.1. The van der Waals surface area contributed by atoms with Gasteiger partial charge in [-0.25, -0.2) is 4.98 Å². The summed E-state index contributed by atoms with van der Waals surface area (Å²) >= 11 is 3.53. The van der Waals surface area contributed by atoms with E-state index in [4.69, 9.17) is 9.72 Å². The molecule has 1 fully saturated rings. The first kappa shape index (κ1) is 24.5. The molecule has 9 heteroatoms. The Morgan fingerprint density at radius 1 is 1.18 bits per heavy atom. The van der Waals surface area contributed by atoms with Crippen LogP contribution in [0.3, 0.4) is 0 Å². The van der Waals surface area contributed by atoms with Gasteiger partial charge < -0.3 is 25.3 Å². The smallest absolute Gasteiger partial charge is 0.261 e. The molecule has 182 valence electrons. The summed E-state index contributed by atoms with van der Waals surface area (Å²) in [6, 6.07) is 8.05. The number of ether oxygens (including phenoxy) is 1. The number of halogens is 1. The van der Waals surface area contributed by atoms with Crippen molar-refractivity contribution in [2.45, 2.75) is 45.6 Å². The lowest BCUT2D eigenvalue weighted by Crippen LogP contribution is -2.37. The van der Waals surface area contributed by atoms with E-state index in [1.54, 1.807) is 6.20 Å². The van der Waals surface area contributed by atoms with Gasteiger partial charge in [0.2, 0.25) is 5.95 Å². The van der Waals surface area contributed by atoms with Gasteiger partial charge in [0.25, 0.3) is 5.56 Å². The highest BCUT2D eigenvalue weighted by molar-refractivity contribution is 9.10. The molecule has 3 aromatic rings. The van der Waals surface area contributed by atoms with Crippen molar-refractivity contribution in [1.29, 1.82) is 0 Å². The van der Waals surface area contributed by atoms with E-state index in [0.29, 0.717) is 45.7 Å².